The van der Waals surface area contributed by atoms with Gasteiger partial charge in [-0.1, -0.05) is 0 Å². The van der Waals surface area contributed by atoms with E-state index in [0.29, 0.717) is 17.8 Å². The van der Waals surface area contributed by atoms with E-state index in [1.807, 2.05) is 0 Å². The second-order valence-electron chi connectivity index (χ2n) is 7.81. The topological polar surface area (TPSA) is 107 Å². The third kappa shape index (κ3) is 2.24. The average Bonchev–Trinajstić information content (AvgIpc) is 2.49. The molecule has 1 aromatic rings. The molecule has 0 heterocycles. The van der Waals surface area contributed by atoms with Crippen molar-refractivity contribution in [3.05, 3.63) is 17.7 Å². The number of anilines is 1. The fourth-order valence-corrected chi connectivity index (χ4v) is 5.51. The Kier molecular flexibility index (Phi) is 3.27. The predicted molar refractivity (Wildman–Crippen MR) is 86.0 cm³/mol. The first-order valence-electron chi connectivity index (χ1n) is 8.47. The van der Waals surface area contributed by atoms with Crippen molar-refractivity contribution in [3.8, 4) is 11.5 Å². The lowest BCUT2D eigenvalue weighted by atomic mass is 9.49. The van der Waals surface area contributed by atoms with Crippen LogP contribution in [-0.2, 0) is 4.79 Å². The zero-order valence-electron chi connectivity index (χ0n) is 13.3. The minimum Gasteiger partial charge on any atom is -0.506 e. The van der Waals surface area contributed by atoms with E-state index in [0.717, 1.165) is 25.3 Å². The largest absolute Gasteiger partial charge is 0.506 e. The Morgan fingerprint density at radius 1 is 1.00 bits per heavy atom. The summed E-state index contributed by atoms with van der Waals surface area (Å²) in [6, 6.07) is 2.30. The summed E-state index contributed by atoms with van der Waals surface area (Å²) in [6.45, 7) is 0. The highest BCUT2D eigenvalue weighted by atomic mass is 16.4. The minimum atomic E-state index is -1.31. The number of aromatic hydroxyl groups is 2. The molecule has 0 spiro atoms. The van der Waals surface area contributed by atoms with Gasteiger partial charge in [-0.25, -0.2) is 4.79 Å². The van der Waals surface area contributed by atoms with Crippen LogP contribution in [0, 0.1) is 23.2 Å². The number of benzene rings is 1. The Bertz CT molecular complexity index is 691. The lowest BCUT2D eigenvalue weighted by Gasteiger charge is -2.55. The first-order valence-corrected chi connectivity index (χ1v) is 8.47. The summed E-state index contributed by atoms with van der Waals surface area (Å²) in [7, 11) is 0. The molecule has 5 rings (SSSR count). The molecule has 0 aliphatic heterocycles. The highest BCUT2D eigenvalue weighted by Gasteiger charge is 2.54. The van der Waals surface area contributed by atoms with Crippen LogP contribution in [-0.4, -0.2) is 27.2 Å². The minimum absolute atomic E-state index is 0.198. The van der Waals surface area contributed by atoms with Crippen molar-refractivity contribution in [2.24, 2.45) is 23.2 Å². The molecule has 0 atom stereocenters. The number of phenolic OH excluding ortho intramolecular Hbond substituents is 1. The van der Waals surface area contributed by atoms with Gasteiger partial charge in [0.1, 0.15) is 17.0 Å². The van der Waals surface area contributed by atoms with Gasteiger partial charge in [0.15, 0.2) is 5.75 Å². The van der Waals surface area contributed by atoms with Gasteiger partial charge in [-0.15, -0.1) is 0 Å². The number of phenols is 2. The van der Waals surface area contributed by atoms with E-state index >= 15 is 0 Å². The third-order valence-electron chi connectivity index (χ3n) is 6.14. The number of carboxylic acid groups (broad SMARTS) is 1. The molecule has 4 aliphatic rings. The number of carbonyl (C=O) groups is 2. The zero-order chi connectivity index (χ0) is 17.1. The molecule has 0 saturated heterocycles. The molecule has 0 unspecified atom stereocenters. The summed E-state index contributed by atoms with van der Waals surface area (Å²) in [6.07, 6.45) is 6.17. The van der Waals surface area contributed by atoms with E-state index in [4.69, 9.17) is 5.11 Å². The van der Waals surface area contributed by atoms with Gasteiger partial charge < -0.3 is 20.6 Å². The van der Waals surface area contributed by atoms with Crippen molar-refractivity contribution in [3.63, 3.8) is 0 Å². The van der Waals surface area contributed by atoms with Crippen LogP contribution in [0.25, 0.3) is 0 Å². The number of rotatable bonds is 3. The van der Waals surface area contributed by atoms with Gasteiger partial charge in [-0.2, -0.15) is 0 Å². The van der Waals surface area contributed by atoms with Gasteiger partial charge >= 0.3 is 5.97 Å². The fraction of sp³-hybridized carbons (Fsp3) is 0.556. The van der Waals surface area contributed by atoms with E-state index in [1.54, 1.807) is 0 Å². The van der Waals surface area contributed by atoms with Gasteiger partial charge in [-0.05, 0) is 68.4 Å². The summed E-state index contributed by atoms with van der Waals surface area (Å²) in [5, 5.41) is 31.8. The highest BCUT2D eigenvalue weighted by molar-refractivity contribution is 6.01. The molecule has 6 nitrogen and oxygen atoms in total. The Morgan fingerprint density at radius 2 is 1.54 bits per heavy atom. The molecular weight excluding hydrogens is 310 g/mol. The molecule has 4 N–H and O–H groups in total. The molecule has 24 heavy (non-hydrogen) atoms. The molecule has 1 amide bonds. The molecule has 1 aromatic carbocycles. The smallest absolute Gasteiger partial charge is 0.339 e. The van der Waals surface area contributed by atoms with E-state index in [2.05, 4.69) is 5.32 Å². The first-order chi connectivity index (χ1) is 11.4. The number of carbonyl (C=O) groups excluding carboxylic acids is 1. The molecule has 128 valence electrons. The van der Waals surface area contributed by atoms with Crippen LogP contribution in [0.3, 0.4) is 0 Å². The number of aromatic carboxylic acids is 1. The van der Waals surface area contributed by atoms with E-state index in [9.17, 15) is 19.8 Å². The van der Waals surface area contributed by atoms with Gasteiger partial charge in [-0.3, -0.25) is 4.79 Å². The van der Waals surface area contributed by atoms with Crippen LogP contribution in [0.5, 0.6) is 11.5 Å². The van der Waals surface area contributed by atoms with Crippen LogP contribution in [0.1, 0.15) is 48.9 Å². The van der Waals surface area contributed by atoms with Crippen molar-refractivity contribution in [2.45, 2.75) is 38.5 Å². The van der Waals surface area contributed by atoms with Crippen LogP contribution in [0.2, 0.25) is 0 Å². The monoisotopic (exact) mass is 331 g/mol. The lowest BCUT2D eigenvalue weighted by molar-refractivity contribution is -0.140. The van der Waals surface area contributed by atoms with Gasteiger partial charge in [0.25, 0.3) is 0 Å². The molecule has 4 saturated carbocycles. The zero-order valence-corrected chi connectivity index (χ0v) is 13.3. The molecule has 0 radical (unpaired) electrons. The third-order valence-corrected chi connectivity index (χ3v) is 6.14. The Labute approximate surface area is 139 Å². The average molecular weight is 331 g/mol. The Morgan fingerprint density at radius 3 is 2.04 bits per heavy atom. The summed E-state index contributed by atoms with van der Waals surface area (Å²) in [4.78, 5) is 24.1. The highest BCUT2D eigenvalue weighted by Crippen LogP contribution is 2.60. The van der Waals surface area contributed by atoms with Crippen molar-refractivity contribution in [1.82, 2.24) is 0 Å². The van der Waals surface area contributed by atoms with Crippen molar-refractivity contribution in [1.29, 1.82) is 0 Å². The summed E-state index contributed by atoms with van der Waals surface area (Å²) in [5.41, 5.74) is -0.975. The lowest BCUT2D eigenvalue weighted by Crippen LogP contribution is -2.51. The standard InChI is InChI=1S/C18H21NO5/c20-13-2-1-12(16(22)23)15(21)14(13)19-17(24)18-6-9-3-10(7-18)5-11(4-9)8-18/h1-2,9-11,20-21H,3-8H2,(H,19,24)(H,22,23). The van der Waals surface area contributed by atoms with Crippen molar-refractivity contribution in [2.75, 3.05) is 5.32 Å². The molecule has 0 aromatic heterocycles. The molecule has 6 heteroatoms. The van der Waals surface area contributed by atoms with Gasteiger partial charge in [0, 0.05) is 0 Å². The first kappa shape index (κ1) is 15.3. The number of carboxylic acids is 1. The number of hydrogen-bond donors (Lipinski definition) is 4. The summed E-state index contributed by atoms with van der Waals surface area (Å²) < 4.78 is 0. The molecule has 4 aliphatic carbocycles. The van der Waals surface area contributed by atoms with Crippen LogP contribution in [0.4, 0.5) is 5.69 Å². The maximum absolute atomic E-state index is 13.0. The molecule has 4 bridgehead atoms. The van der Waals surface area contributed by atoms with Crippen LogP contribution >= 0.6 is 0 Å². The summed E-state index contributed by atoms with van der Waals surface area (Å²) >= 11 is 0. The number of hydrogen-bond acceptors (Lipinski definition) is 4. The molecule has 4 fully saturated rings. The maximum Gasteiger partial charge on any atom is 0.339 e. The Balaban J connectivity index is 1.63. The predicted octanol–water partition coefficient (Wildman–Crippen LogP) is 2.95. The quantitative estimate of drug-likeness (QED) is 0.637. The van der Waals surface area contributed by atoms with Crippen molar-refractivity contribution < 1.29 is 24.9 Å². The van der Waals surface area contributed by atoms with E-state index in [-0.39, 0.29) is 22.9 Å². The summed E-state index contributed by atoms with van der Waals surface area (Å²) in [5.74, 6) is -0.651. The van der Waals surface area contributed by atoms with Crippen LogP contribution in [0.15, 0.2) is 12.1 Å². The molecular formula is C18H21NO5. The Hall–Kier alpha value is -2.24. The second kappa shape index (κ2) is 5.13. The van der Waals surface area contributed by atoms with Crippen molar-refractivity contribution >= 4 is 17.6 Å². The number of nitrogens with one attached hydrogen (secondary N) is 1. The normalized spacial score (nSPS) is 33.4. The number of amides is 1. The SMILES string of the molecule is O=C(O)c1ccc(O)c(NC(=O)C23CC4CC(CC(C4)C2)C3)c1O. The van der Waals surface area contributed by atoms with Gasteiger partial charge in [0.05, 0.1) is 5.41 Å². The van der Waals surface area contributed by atoms with Gasteiger partial charge in [0.2, 0.25) is 5.91 Å². The second-order valence-corrected chi connectivity index (χ2v) is 7.81. The maximum atomic E-state index is 13.0. The van der Waals surface area contributed by atoms with Crippen LogP contribution < -0.4 is 5.32 Å². The fourth-order valence-electron chi connectivity index (χ4n) is 5.51. The van der Waals surface area contributed by atoms with E-state index < -0.39 is 17.1 Å². The van der Waals surface area contributed by atoms with E-state index in [1.165, 1.54) is 25.3 Å².